The fraction of sp³-hybridized carbons (Fsp3) is 0.455. The van der Waals surface area contributed by atoms with E-state index in [0.29, 0.717) is 5.56 Å². The maximum absolute atomic E-state index is 12.5. The molecule has 1 aromatic rings. The van der Waals surface area contributed by atoms with E-state index in [4.69, 9.17) is 0 Å². The zero-order chi connectivity index (χ0) is 11.9. The number of halogens is 3. The Hall–Kier alpha value is -1.39. The summed E-state index contributed by atoms with van der Waals surface area (Å²) in [5, 5.41) is 0. The molecular formula is C11H10F3NO. The first kappa shape index (κ1) is 11.1. The molecule has 0 saturated heterocycles. The molecule has 0 atom stereocenters. The molecule has 1 fully saturated rings. The molecule has 1 aromatic heterocycles. The van der Waals surface area contributed by atoms with Gasteiger partial charge in [0.15, 0.2) is 5.78 Å². The van der Waals surface area contributed by atoms with Gasteiger partial charge in [-0.05, 0) is 37.5 Å². The first-order valence-electron chi connectivity index (χ1n) is 4.98. The van der Waals surface area contributed by atoms with Crippen molar-refractivity contribution in [2.45, 2.75) is 25.9 Å². The van der Waals surface area contributed by atoms with Crippen LogP contribution in [0.5, 0.6) is 0 Å². The van der Waals surface area contributed by atoms with Crippen LogP contribution in [-0.4, -0.2) is 10.8 Å². The van der Waals surface area contributed by atoms with Crippen molar-refractivity contribution in [3.05, 3.63) is 29.1 Å². The van der Waals surface area contributed by atoms with E-state index in [0.717, 1.165) is 18.9 Å². The van der Waals surface area contributed by atoms with Crippen LogP contribution in [0.15, 0.2) is 12.1 Å². The van der Waals surface area contributed by atoms with Gasteiger partial charge in [0.1, 0.15) is 11.4 Å². The predicted octanol–water partition coefficient (Wildman–Crippen LogP) is 3.00. The van der Waals surface area contributed by atoms with Gasteiger partial charge in [-0.15, -0.1) is 0 Å². The van der Waals surface area contributed by atoms with Crippen molar-refractivity contribution >= 4 is 5.78 Å². The van der Waals surface area contributed by atoms with Gasteiger partial charge in [0.05, 0.1) is 0 Å². The monoisotopic (exact) mass is 229 g/mol. The highest BCUT2D eigenvalue weighted by Crippen LogP contribution is 2.34. The summed E-state index contributed by atoms with van der Waals surface area (Å²) in [6, 6.07) is 2.36. The molecule has 1 aliphatic carbocycles. The van der Waals surface area contributed by atoms with E-state index in [1.54, 1.807) is 0 Å². The first-order valence-corrected chi connectivity index (χ1v) is 4.98. The second-order valence-corrected chi connectivity index (χ2v) is 4.05. The van der Waals surface area contributed by atoms with Crippen molar-refractivity contribution in [1.82, 2.24) is 4.98 Å². The minimum absolute atomic E-state index is 0.0603. The number of hydrogen-bond acceptors (Lipinski definition) is 2. The number of Topliss-reactive ketones (excluding diaryl/α,β-unsaturated/α-hetero) is 1. The maximum atomic E-state index is 12.5. The van der Waals surface area contributed by atoms with Gasteiger partial charge in [-0.25, -0.2) is 4.98 Å². The van der Waals surface area contributed by atoms with Gasteiger partial charge >= 0.3 is 6.18 Å². The lowest BCUT2D eigenvalue weighted by atomic mass is 10.1. The molecule has 0 amide bonds. The fourth-order valence-corrected chi connectivity index (χ4v) is 1.49. The average Bonchev–Trinajstić information content (AvgIpc) is 2.97. The van der Waals surface area contributed by atoms with Crippen LogP contribution in [0, 0.1) is 12.8 Å². The second-order valence-electron chi connectivity index (χ2n) is 4.05. The maximum Gasteiger partial charge on any atom is 0.433 e. The van der Waals surface area contributed by atoms with Gasteiger partial charge in [0.25, 0.3) is 0 Å². The van der Waals surface area contributed by atoms with Crippen LogP contribution in [0.1, 0.15) is 34.6 Å². The number of alkyl halides is 3. The summed E-state index contributed by atoms with van der Waals surface area (Å²) >= 11 is 0. The molecule has 16 heavy (non-hydrogen) atoms. The van der Waals surface area contributed by atoms with Gasteiger partial charge in [0, 0.05) is 5.92 Å². The SMILES string of the molecule is Cc1cc(C(=O)C2CC2)nc(C(F)(F)F)c1. The molecule has 0 bridgehead atoms. The Morgan fingerprint density at radius 1 is 1.38 bits per heavy atom. The number of aryl methyl sites for hydroxylation is 1. The smallest absolute Gasteiger partial charge is 0.292 e. The number of rotatable bonds is 2. The standard InChI is InChI=1S/C11H10F3NO/c1-6-4-8(10(16)7-2-3-7)15-9(5-6)11(12,13)14/h4-5,7H,2-3H2,1H3. The average molecular weight is 229 g/mol. The van der Waals surface area contributed by atoms with Crippen LogP contribution < -0.4 is 0 Å². The third-order valence-electron chi connectivity index (χ3n) is 2.46. The number of aromatic nitrogens is 1. The molecule has 2 rings (SSSR count). The molecule has 86 valence electrons. The van der Waals surface area contributed by atoms with E-state index in [1.807, 2.05) is 0 Å². The number of pyridine rings is 1. The Morgan fingerprint density at radius 3 is 2.50 bits per heavy atom. The lowest BCUT2D eigenvalue weighted by molar-refractivity contribution is -0.141. The fourth-order valence-electron chi connectivity index (χ4n) is 1.49. The molecule has 0 aliphatic heterocycles. The van der Waals surface area contributed by atoms with Gasteiger partial charge in [-0.1, -0.05) is 0 Å². The summed E-state index contributed by atoms with van der Waals surface area (Å²) in [5.74, 6) is -0.385. The summed E-state index contributed by atoms with van der Waals surface area (Å²) in [6.07, 6.45) is -2.98. The van der Waals surface area contributed by atoms with Crippen LogP contribution in [0.3, 0.4) is 0 Å². The molecule has 2 nitrogen and oxygen atoms in total. The van der Waals surface area contributed by atoms with Gasteiger partial charge in [-0.2, -0.15) is 13.2 Å². The van der Waals surface area contributed by atoms with Crippen LogP contribution in [-0.2, 0) is 6.18 Å². The van der Waals surface area contributed by atoms with E-state index < -0.39 is 11.9 Å². The van der Waals surface area contributed by atoms with Crippen LogP contribution in [0.2, 0.25) is 0 Å². The minimum atomic E-state index is -4.50. The largest absolute Gasteiger partial charge is 0.433 e. The quantitative estimate of drug-likeness (QED) is 0.729. The summed E-state index contributed by atoms with van der Waals surface area (Å²) in [4.78, 5) is 15.0. The zero-order valence-corrected chi connectivity index (χ0v) is 8.64. The lowest BCUT2D eigenvalue weighted by Crippen LogP contribution is -2.13. The van der Waals surface area contributed by atoms with E-state index in [9.17, 15) is 18.0 Å². The van der Waals surface area contributed by atoms with E-state index in [1.165, 1.54) is 13.0 Å². The van der Waals surface area contributed by atoms with Crippen molar-refractivity contribution < 1.29 is 18.0 Å². The van der Waals surface area contributed by atoms with E-state index >= 15 is 0 Å². The molecule has 1 aliphatic rings. The van der Waals surface area contributed by atoms with Crippen molar-refractivity contribution in [3.63, 3.8) is 0 Å². The van der Waals surface area contributed by atoms with Crippen LogP contribution in [0.4, 0.5) is 13.2 Å². The second kappa shape index (κ2) is 3.57. The topological polar surface area (TPSA) is 30.0 Å². The normalized spacial score (nSPS) is 16.2. The van der Waals surface area contributed by atoms with Crippen LogP contribution >= 0.6 is 0 Å². The molecule has 0 spiro atoms. The minimum Gasteiger partial charge on any atom is -0.292 e. The van der Waals surface area contributed by atoms with Crippen molar-refractivity contribution in [3.8, 4) is 0 Å². The van der Waals surface area contributed by atoms with Crippen molar-refractivity contribution in [1.29, 1.82) is 0 Å². The Labute approximate surface area is 90.5 Å². The Balaban J connectivity index is 2.39. The molecule has 0 unspecified atom stereocenters. The molecule has 1 heterocycles. The Kier molecular flexibility index (Phi) is 2.48. The van der Waals surface area contributed by atoms with Gasteiger partial charge in [-0.3, -0.25) is 4.79 Å². The summed E-state index contributed by atoms with van der Waals surface area (Å²) in [6.45, 7) is 1.53. The number of ketones is 1. The molecular weight excluding hydrogens is 219 g/mol. The molecule has 0 N–H and O–H groups in total. The summed E-state index contributed by atoms with van der Waals surface area (Å²) in [5.41, 5.74) is -0.641. The highest BCUT2D eigenvalue weighted by atomic mass is 19.4. The van der Waals surface area contributed by atoms with Crippen molar-refractivity contribution in [2.75, 3.05) is 0 Å². The number of carbonyl (C=O) groups is 1. The lowest BCUT2D eigenvalue weighted by Gasteiger charge is -2.08. The van der Waals surface area contributed by atoms with Gasteiger partial charge < -0.3 is 0 Å². The summed E-state index contributed by atoms with van der Waals surface area (Å²) in [7, 11) is 0. The Bertz CT molecular complexity index is 435. The summed E-state index contributed by atoms with van der Waals surface area (Å²) < 4.78 is 37.4. The Morgan fingerprint density at radius 2 is 2.00 bits per heavy atom. The first-order chi connectivity index (χ1) is 7.38. The van der Waals surface area contributed by atoms with E-state index in [-0.39, 0.29) is 17.4 Å². The molecule has 0 radical (unpaired) electrons. The molecule has 5 heteroatoms. The molecule has 0 aromatic carbocycles. The highest BCUT2D eigenvalue weighted by Gasteiger charge is 2.36. The van der Waals surface area contributed by atoms with E-state index in [2.05, 4.69) is 4.98 Å². The zero-order valence-electron chi connectivity index (χ0n) is 8.64. The third-order valence-corrected chi connectivity index (χ3v) is 2.46. The third kappa shape index (κ3) is 2.23. The molecule has 1 saturated carbocycles. The van der Waals surface area contributed by atoms with Gasteiger partial charge in [0.2, 0.25) is 0 Å². The van der Waals surface area contributed by atoms with Crippen molar-refractivity contribution in [2.24, 2.45) is 5.92 Å². The van der Waals surface area contributed by atoms with Crippen LogP contribution in [0.25, 0.3) is 0 Å². The number of nitrogens with zero attached hydrogens (tertiary/aromatic N) is 1. The number of carbonyl (C=O) groups excluding carboxylic acids is 1. The predicted molar refractivity (Wildman–Crippen MR) is 51.0 cm³/mol. The highest BCUT2D eigenvalue weighted by molar-refractivity contribution is 5.97. The number of hydrogen-bond donors (Lipinski definition) is 0.